The highest BCUT2D eigenvalue weighted by Crippen LogP contribution is 2.39. The van der Waals surface area contributed by atoms with Crippen LogP contribution in [0, 0.1) is 0 Å². The highest BCUT2D eigenvalue weighted by Gasteiger charge is 2.39. The van der Waals surface area contributed by atoms with E-state index in [2.05, 4.69) is 0 Å². The third-order valence-corrected chi connectivity index (χ3v) is 9.22. The van der Waals surface area contributed by atoms with Gasteiger partial charge in [0, 0.05) is 31.6 Å². The molecule has 0 heterocycles. The summed E-state index contributed by atoms with van der Waals surface area (Å²) in [4.78, 5) is 0. The van der Waals surface area contributed by atoms with E-state index >= 15 is 0 Å². The Labute approximate surface area is 122 Å². The van der Waals surface area contributed by atoms with E-state index in [0.29, 0.717) is 19.8 Å². The minimum absolute atomic E-state index is 0.630. The van der Waals surface area contributed by atoms with Gasteiger partial charge in [-0.2, -0.15) is 4.52 Å². The lowest BCUT2D eigenvalue weighted by Gasteiger charge is -2.28. The van der Waals surface area contributed by atoms with Crippen molar-refractivity contribution in [2.24, 2.45) is 0 Å². The van der Waals surface area contributed by atoms with Crippen molar-refractivity contribution in [3.05, 3.63) is 0 Å². The Morgan fingerprint density at radius 1 is 1.06 bits per heavy atom. The molecule has 0 bridgehead atoms. The van der Waals surface area contributed by atoms with Gasteiger partial charge in [-0.05, 0) is 27.2 Å². The van der Waals surface area contributed by atoms with Gasteiger partial charge >= 0.3 is 14.9 Å². The van der Waals surface area contributed by atoms with E-state index in [1.54, 1.807) is 18.5 Å². The highest BCUT2D eigenvalue weighted by atomic mass is 32.9. The molecule has 0 N–H and O–H groups in total. The van der Waals surface area contributed by atoms with E-state index < -0.39 is 14.9 Å². The third kappa shape index (κ3) is 8.17. The standard InChI is InChI=1S/C10H24O4PS2Si/c1-5-12-18(13-6-2,14-7-3)10-8-9-17-15(16)11-4/h5-10H2,1-4H3/q+1. The zero-order valence-corrected chi connectivity index (χ0v) is 15.2. The van der Waals surface area contributed by atoms with Crippen molar-refractivity contribution in [2.45, 2.75) is 33.2 Å². The van der Waals surface area contributed by atoms with Crippen LogP contribution in [0.3, 0.4) is 0 Å². The Kier molecular flexibility index (Phi) is 12.3. The first kappa shape index (κ1) is 18.9. The zero-order chi connectivity index (χ0) is 13.9. The minimum atomic E-state index is -2.46. The molecule has 108 valence electrons. The van der Waals surface area contributed by atoms with Crippen molar-refractivity contribution in [2.75, 3.05) is 32.7 Å². The van der Waals surface area contributed by atoms with Gasteiger partial charge < -0.3 is 13.3 Å². The van der Waals surface area contributed by atoms with Crippen molar-refractivity contribution >= 4 is 38.1 Å². The summed E-state index contributed by atoms with van der Waals surface area (Å²) in [7, 11) is -0.801. The Hall–Kier alpha value is 0.927. The molecule has 18 heavy (non-hydrogen) atoms. The Balaban J connectivity index is 4.16. The van der Waals surface area contributed by atoms with Gasteiger partial charge in [-0.25, -0.2) is 0 Å². The Morgan fingerprint density at radius 3 is 1.94 bits per heavy atom. The van der Waals surface area contributed by atoms with Crippen LogP contribution in [0.15, 0.2) is 0 Å². The summed E-state index contributed by atoms with van der Waals surface area (Å²) in [6.07, 6.45) is 0.225. The van der Waals surface area contributed by atoms with Crippen molar-refractivity contribution in [3.8, 4) is 0 Å². The molecule has 0 radical (unpaired) electrons. The fraction of sp³-hybridized carbons (Fsp3) is 1.00. The van der Waals surface area contributed by atoms with Crippen LogP contribution in [0.2, 0.25) is 6.04 Å². The van der Waals surface area contributed by atoms with Crippen LogP contribution in [0.5, 0.6) is 0 Å². The summed E-state index contributed by atoms with van der Waals surface area (Å²) in [5.74, 6) is 0.963. The predicted octanol–water partition coefficient (Wildman–Crippen LogP) is 3.58. The number of hydrogen-bond donors (Lipinski definition) is 0. The maximum Gasteiger partial charge on any atom is 0.500 e. The molecule has 0 amide bonds. The lowest BCUT2D eigenvalue weighted by Crippen LogP contribution is -2.46. The van der Waals surface area contributed by atoms with Crippen LogP contribution in [-0.2, 0) is 29.6 Å². The van der Waals surface area contributed by atoms with Gasteiger partial charge in [-0.3, -0.25) is 0 Å². The van der Waals surface area contributed by atoms with Crippen LogP contribution in [0.1, 0.15) is 27.2 Å². The normalized spacial score (nSPS) is 12.8. The number of rotatable bonds is 12. The first-order valence-electron chi connectivity index (χ1n) is 6.20. The van der Waals surface area contributed by atoms with Gasteiger partial charge in [0.15, 0.2) is 0 Å². The van der Waals surface area contributed by atoms with E-state index in [0.717, 1.165) is 18.2 Å². The molecule has 0 aromatic heterocycles. The lowest BCUT2D eigenvalue weighted by atomic mass is 10.6. The fourth-order valence-corrected chi connectivity index (χ4v) is 6.70. The predicted molar refractivity (Wildman–Crippen MR) is 83.8 cm³/mol. The molecule has 0 aromatic rings. The molecule has 4 nitrogen and oxygen atoms in total. The molecule has 0 aliphatic rings. The van der Waals surface area contributed by atoms with E-state index in [9.17, 15) is 0 Å². The summed E-state index contributed by atoms with van der Waals surface area (Å²) >= 11 is 6.81. The van der Waals surface area contributed by atoms with E-state index in [1.165, 1.54) is 0 Å². The summed E-state index contributed by atoms with van der Waals surface area (Å²) in [5, 5.41) is 0. The van der Waals surface area contributed by atoms with Crippen molar-refractivity contribution < 1.29 is 17.8 Å². The summed E-state index contributed by atoms with van der Waals surface area (Å²) in [6, 6.07) is 0.845. The van der Waals surface area contributed by atoms with E-state index in [1.807, 2.05) is 20.8 Å². The first-order chi connectivity index (χ1) is 8.64. The van der Waals surface area contributed by atoms with Crippen LogP contribution < -0.4 is 0 Å². The monoisotopic (exact) mass is 331 g/mol. The topological polar surface area (TPSA) is 36.9 Å². The van der Waals surface area contributed by atoms with E-state index in [4.69, 9.17) is 29.6 Å². The summed E-state index contributed by atoms with van der Waals surface area (Å²) in [5.41, 5.74) is 0. The molecule has 0 aliphatic heterocycles. The smallest absolute Gasteiger partial charge is 0.374 e. The SMILES string of the molecule is CCO[Si](CCCS[P+](=S)OC)(OCC)OCC. The van der Waals surface area contributed by atoms with Crippen LogP contribution in [0.4, 0.5) is 0 Å². The highest BCUT2D eigenvalue weighted by molar-refractivity contribution is 8.62. The van der Waals surface area contributed by atoms with Gasteiger partial charge in [0.1, 0.15) is 11.4 Å². The first-order valence-corrected chi connectivity index (χ1v) is 12.0. The summed E-state index contributed by atoms with van der Waals surface area (Å²) in [6.45, 7) is 7.81. The molecule has 1 unspecified atom stereocenters. The second-order valence-electron chi connectivity index (χ2n) is 3.33. The quantitative estimate of drug-likeness (QED) is 0.309. The number of hydrogen-bond acceptors (Lipinski definition) is 6. The molecule has 1 atom stereocenters. The van der Waals surface area contributed by atoms with Gasteiger partial charge in [-0.15, -0.1) is 0 Å². The van der Waals surface area contributed by atoms with Crippen LogP contribution in [0.25, 0.3) is 0 Å². The van der Waals surface area contributed by atoms with E-state index in [-0.39, 0.29) is 0 Å². The lowest BCUT2D eigenvalue weighted by molar-refractivity contribution is 0.0712. The zero-order valence-electron chi connectivity index (χ0n) is 11.6. The maximum atomic E-state index is 5.78. The minimum Gasteiger partial charge on any atom is -0.374 e. The molecule has 0 saturated carbocycles. The van der Waals surface area contributed by atoms with Gasteiger partial charge in [0.2, 0.25) is 11.8 Å². The average molecular weight is 331 g/mol. The molecule has 0 rings (SSSR count). The molecule has 0 saturated heterocycles. The van der Waals surface area contributed by atoms with Crippen molar-refractivity contribution in [1.29, 1.82) is 0 Å². The van der Waals surface area contributed by atoms with Gasteiger partial charge in [0.25, 0.3) is 0 Å². The van der Waals surface area contributed by atoms with Crippen molar-refractivity contribution in [1.82, 2.24) is 0 Å². The average Bonchev–Trinajstić information content (AvgIpc) is 2.35. The summed E-state index contributed by atoms with van der Waals surface area (Å²) < 4.78 is 22.4. The van der Waals surface area contributed by atoms with Crippen molar-refractivity contribution in [3.63, 3.8) is 0 Å². The molecule has 8 heteroatoms. The molecule has 0 aromatic carbocycles. The second-order valence-corrected chi connectivity index (χ2v) is 11.0. The molecule has 0 fully saturated rings. The molecule has 0 spiro atoms. The van der Waals surface area contributed by atoms with Crippen LogP contribution >= 0.6 is 17.5 Å². The molecular formula is C10H24O4PS2Si+. The third-order valence-electron chi connectivity index (χ3n) is 2.07. The van der Waals surface area contributed by atoms with Gasteiger partial charge in [0.05, 0.1) is 7.11 Å². The van der Waals surface area contributed by atoms with Crippen LogP contribution in [-0.4, -0.2) is 41.5 Å². The Morgan fingerprint density at radius 2 is 1.56 bits per heavy atom. The largest absolute Gasteiger partial charge is 0.500 e. The molecular weight excluding hydrogens is 307 g/mol. The molecule has 0 aliphatic carbocycles. The van der Waals surface area contributed by atoms with Gasteiger partial charge in [-0.1, -0.05) is 0 Å². The maximum absolute atomic E-state index is 5.78. The Bertz CT molecular complexity index is 217. The second kappa shape index (κ2) is 11.7. The fourth-order valence-electron chi connectivity index (χ4n) is 1.48.